The topological polar surface area (TPSA) is 121 Å². The first-order valence-electron chi connectivity index (χ1n) is 11.5. The molecule has 0 spiro atoms. The van der Waals surface area contributed by atoms with E-state index in [0.717, 1.165) is 22.9 Å². The normalized spacial score (nSPS) is 11.7. The predicted octanol–water partition coefficient (Wildman–Crippen LogP) is 4.29. The highest BCUT2D eigenvalue weighted by Crippen LogP contribution is 2.33. The number of aromatic nitrogens is 3. The molecule has 0 saturated carbocycles. The Bertz CT molecular complexity index is 1570. The average molecular weight is 577 g/mol. The monoisotopic (exact) mass is 576 g/mol. The third-order valence-corrected chi connectivity index (χ3v) is 7.90. The molecule has 4 rings (SSSR count). The van der Waals surface area contributed by atoms with Crippen LogP contribution in [0.2, 0.25) is 10.0 Å². The third-order valence-electron chi connectivity index (χ3n) is 5.71. The molecule has 0 radical (unpaired) electrons. The second-order valence-corrected chi connectivity index (χ2v) is 11.6. The standard InChI is InChI=1S/C25H26Cl2N6O4S/c1-16-10-20(33(15-24(34)35)38(36,37)21-13-18(26)12-19(27)14-21)11-17-6-8-32(25(16)17)23-5-4-22(29-30-23)28-7-9-31(2)3/h4-6,8,10-14H,7,9,15H2,1-3H3,(H,28,29)(H,34,35). The number of anilines is 2. The summed E-state index contributed by atoms with van der Waals surface area (Å²) in [5.74, 6) is -0.0779. The van der Waals surface area contributed by atoms with Crippen molar-refractivity contribution in [3.05, 3.63) is 70.3 Å². The Hall–Kier alpha value is -3.38. The number of carboxylic acids is 1. The second-order valence-electron chi connectivity index (χ2n) is 8.90. The average Bonchev–Trinajstić information content (AvgIpc) is 3.26. The number of carboxylic acid groups (broad SMARTS) is 1. The minimum absolute atomic E-state index is 0.120. The smallest absolute Gasteiger partial charge is 0.324 e. The zero-order chi connectivity index (χ0) is 27.6. The minimum Gasteiger partial charge on any atom is -0.480 e. The molecule has 0 bridgehead atoms. The first kappa shape index (κ1) is 27.6. The predicted molar refractivity (Wildman–Crippen MR) is 149 cm³/mol. The van der Waals surface area contributed by atoms with Crippen LogP contribution in [-0.4, -0.2) is 72.9 Å². The number of hydrogen-bond donors (Lipinski definition) is 2. The van der Waals surface area contributed by atoms with E-state index < -0.39 is 22.5 Å². The van der Waals surface area contributed by atoms with Gasteiger partial charge in [0.05, 0.1) is 16.1 Å². The number of fused-ring (bicyclic) bond motifs is 1. The lowest BCUT2D eigenvalue weighted by Gasteiger charge is -2.24. The van der Waals surface area contributed by atoms with E-state index in [-0.39, 0.29) is 20.6 Å². The number of sulfonamides is 1. The van der Waals surface area contributed by atoms with Crippen molar-refractivity contribution in [2.24, 2.45) is 0 Å². The maximum absolute atomic E-state index is 13.5. The van der Waals surface area contributed by atoms with Gasteiger partial charge in [0.25, 0.3) is 10.0 Å². The van der Waals surface area contributed by atoms with Gasteiger partial charge in [0.2, 0.25) is 0 Å². The van der Waals surface area contributed by atoms with E-state index in [4.69, 9.17) is 23.2 Å². The van der Waals surface area contributed by atoms with Gasteiger partial charge in [-0.2, -0.15) is 0 Å². The Morgan fingerprint density at radius 3 is 2.37 bits per heavy atom. The van der Waals surface area contributed by atoms with Gasteiger partial charge in [0, 0.05) is 34.7 Å². The van der Waals surface area contributed by atoms with E-state index in [1.54, 1.807) is 24.4 Å². The van der Waals surface area contributed by atoms with Gasteiger partial charge in [-0.15, -0.1) is 10.2 Å². The number of nitrogens with one attached hydrogen (secondary N) is 1. The summed E-state index contributed by atoms with van der Waals surface area (Å²) in [6.07, 6.45) is 1.80. The summed E-state index contributed by atoms with van der Waals surface area (Å²) in [5.41, 5.74) is 1.69. The van der Waals surface area contributed by atoms with Gasteiger partial charge in [-0.05, 0) is 75.1 Å². The van der Waals surface area contributed by atoms with E-state index in [9.17, 15) is 18.3 Å². The molecule has 0 saturated heterocycles. The van der Waals surface area contributed by atoms with E-state index >= 15 is 0 Å². The van der Waals surface area contributed by atoms with Crippen LogP contribution in [0.25, 0.3) is 16.7 Å². The van der Waals surface area contributed by atoms with Crippen LogP contribution >= 0.6 is 23.2 Å². The molecule has 0 amide bonds. The number of carbonyl (C=O) groups is 1. The summed E-state index contributed by atoms with van der Waals surface area (Å²) in [5, 5.41) is 22.3. The fourth-order valence-electron chi connectivity index (χ4n) is 4.01. The molecule has 0 fully saturated rings. The van der Waals surface area contributed by atoms with Gasteiger partial charge in [0.1, 0.15) is 12.4 Å². The molecule has 0 aliphatic heterocycles. The SMILES string of the molecule is Cc1cc(N(CC(=O)O)S(=O)(=O)c2cc(Cl)cc(Cl)c2)cc2ccn(-c3ccc(NCCN(C)C)nn3)c12. The van der Waals surface area contributed by atoms with E-state index in [1.165, 1.54) is 18.2 Å². The van der Waals surface area contributed by atoms with Crippen LogP contribution in [0, 0.1) is 6.92 Å². The van der Waals surface area contributed by atoms with Crippen molar-refractivity contribution >= 4 is 61.6 Å². The van der Waals surface area contributed by atoms with Crippen LogP contribution in [0.5, 0.6) is 0 Å². The summed E-state index contributed by atoms with van der Waals surface area (Å²) in [7, 11) is -0.317. The number of halogens is 2. The first-order valence-corrected chi connectivity index (χ1v) is 13.7. The number of nitrogens with zero attached hydrogens (tertiary/aromatic N) is 5. The van der Waals surface area contributed by atoms with Gasteiger partial charge in [-0.3, -0.25) is 13.7 Å². The molecule has 0 aliphatic carbocycles. The Labute approximate surface area is 230 Å². The molecule has 13 heteroatoms. The van der Waals surface area contributed by atoms with Gasteiger partial charge in [-0.1, -0.05) is 23.2 Å². The van der Waals surface area contributed by atoms with Crippen molar-refractivity contribution in [3.8, 4) is 5.82 Å². The minimum atomic E-state index is -4.30. The van der Waals surface area contributed by atoms with Crippen molar-refractivity contribution in [3.63, 3.8) is 0 Å². The van der Waals surface area contributed by atoms with E-state index in [2.05, 4.69) is 20.4 Å². The molecule has 2 N–H and O–H groups in total. The zero-order valence-electron chi connectivity index (χ0n) is 20.9. The zero-order valence-corrected chi connectivity index (χ0v) is 23.2. The molecule has 2 aromatic carbocycles. The van der Waals surface area contributed by atoms with E-state index in [0.29, 0.717) is 22.6 Å². The number of aryl methyl sites for hydroxylation is 1. The van der Waals surface area contributed by atoms with Crippen LogP contribution in [-0.2, 0) is 14.8 Å². The van der Waals surface area contributed by atoms with Crippen molar-refractivity contribution < 1.29 is 18.3 Å². The van der Waals surface area contributed by atoms with E-state index in [1.807, 2.05) is 37.7 Å². The third kappa shape index (κ3) is 6.02. The molecule has 10 nitrogen and oxygen atoms in total. The van der Waals surface area contributed by atoms with Gasteiger partial charge < -0.3 is 15.3 Å². The quantitative estimate of drug-likeness (QED) is 0.287. The molecular weight excluding hydrogens is 551 g/mol. The Morgan fingerprint density at radius 1 is 1.05 bits per heavy atom. The fraction of sp³-hybridized carbons (Fsp3) is 0.240. The number of benzene rings is 2. The molecular formula is C25H26Cl2N6O4S. The Morgan fingerprint density at radius 2 is 1.76 bits per heavy atom. The summed E-state index contributed by atoms with van der Waals surface area (Å²) in [6.45, 7) is 2.61. The molecule has 0 atom stereocenters. The number of likely N-dealkylation sites (N-methyl/N-ethyl adjacent to an activating group) is 1. The lowest BCUT2D eigenvalue weighted by atomic mass is 10.1. The van der Waals surface area contributed by atoms with Crippen LogP contribution in [0.1, 0.15) is 5.56 Å². The maximum atomic E-state index is 13.5. The van der Waals surface area contributed by atoms with Crippen molar-refractivity contribution in [2.75, 3.05) is 43.4 Å². The number of aliphatic carboxylic acids is 1. The number of rotatable bonds is 10. The van der Waals surface area contributed by atoms with Crippen LogP contribution in [0.15, 0.2) is 59.6 Å². The lowest BCUT2D eigenvalue weighted by molar-refractivity contribution is -0.135. The highest BCUT2D eigenvalue weighted by Gasteiger charge is 2.29. The summed E-state index contributed by atoms with van der Waals surface area (Å²) >= 11 is 12.0. The van der Waals surface area contributed by atoms with Crippen molar-refractivity contribution in [1.29, 1.82) is 0 Å². The van der Waals surface area contributed by atoms with Crippen LogP contribution < -0.4 is 9.62 Å². The highest BCUT2D eigenvalue weighted by molar-refractivity contribution is 7.92. The largest absolute Gasteiger partial charge is 0.480 e. The van der Waals surface area contributed by atoms with Crippen molar-refractivity contribution in [1.82, 2.24) is 19.7 Å². The Kier molecular flexibility index (Phi) is 8.12. The van der Waals surface area contributed by atoms with Gasteiger partial charge in [0.15, 0.2) is 5.82 Å². The Balaban J connectivity index is 1.71. The molecule has 0 aliphatic rings. The molecule has 2 heterocycles. The molecule has 0 unspecified atom stereocenters. The van der Waals surface area contributed by atoms with Crippen LogP contribution in [0.4, 0.5) is 11.5 Å². The second kappa shape index (κ2) is 11.2. The van der Waals surface area contributed by atoms with Gasteiger partial charge in [-0.25, -0.2) is 8.42 Å². The van der Waals surface area contributed by atoms with Gasteiger partial charge >= 0.3 is 5.97 Å². The summed E-state index contributed by atoms with van der Waals surface area (Å²) < 4.78 is 29.7. The molecule has 2 aromatic heterocycles. The van der Waals surface area contributed by atoms with Crippen LogP contribution in [0.3, 0.4) is 0 Å². The lowest BCUT2D eigenvalue weighted by Crippen LogP contribution is -2.35. The number of hydrogen-bond acceptors (Lipinski definition) is 7. The maximum Gasteiger partial charge on any atom is 0.324 e. The molecule has 38 heavy (non-hydrogen) atoms. The summed E-state index contributed by atoms with van der Waals surface area (Å²) in [4.78, 5) is 13.5. The molecule has 4 aromatic rings. The fourth-order valence-corrected chi connectivity index (χ4v) is 6.13. The molecule has 200 valence electrons. The highest BCUT2D eigenvalue weighted by atomic mass is 35.5. The van der Waals surface area contributed by atoms with Crippen molar-refractivity contribution in [2.45, 2.75) is 11.8 Å². The first-order chi connectivity index (χ1) is 18.0. The summed E-state index contributed by atoms with van der Waals surface area (Å²) in [6, 6.07) is 12.6.